The van der Waals surface area contributed by atoms with E-state index in [1.54, 1.807) is 0 Å². The lowest BCUT2D eigenvalue weighted by Gasteiger charge is -2.20. The first-order valence-electron chi connectivity index (χ1n) is 11.9. The van der Waals surface area contributed by atoms with Gasteiger partial charge in [-0.3, -0.25) is 0 Å². The molecule has 4 N–H and O–H groups in total. The third-order valence-electron chi connectivity index (χ3n) is 6.25. The van der Waals surface area contributed by atoms with E-state index in [2.05, 4.69) is 36.4 Å². The van der Waals surface area contributed by atoms with Gasteiger partial charge >= 0.3 is 0 Å². The van der Waals surface area contributed by atoms with E-state index in [0.29, 0.717) is 5.90 Å². The van der Waals surface area contributed by atoms with E-state index in [9.17, 15) is 5.11 Å². The Bertz CT molecular complexity index is 1000. The van der Waals surface area contributed by atoms with Crippen LogP contribution in [0, 0.1) is 6.92 Å². The molecule has 1 fully saturated rings. The molecule has 2 aliphatic heterocycles. The predicted molar refractivity (Wildman–Crippen MR) is 130 cm³/mol. The molecule has 0 saturated carbocycles. The van der Waals surface area contributed by atoms with Gasteiger partial charge in [-0.05, 0) is 73.1 Å². The average Bonchev–Trinajstić information content (AvgIpc) is 3.55. The number of aromatic nitrogens is 1. The van der Waals surface area contributed by atoms with Crippen LogP contribution in [0.3, 0.4) is 0 Å². The number of nitrogens with two attached hydrogens (primary N) is 1. The highest BCUT2D eigenvalue weighted by Crippen LogP contribution is 2.31. The number of aryl methyl sites for hydroxylation is 3. The molecular formula is C25H35N5O3. The fourth-order valence-electron chi connectivity index (χ4n) is 4.40. The summed E-state index contributed by atoms with van der Waals surface area (Å²) in [5, 5.41) is 9.75. The highest BCUT2D eigenvalue weighted by molar-refractivity contribution is 5.95. The summed E-state index contributed by atoms with van der Waals surface area (Å²) in [5.41, 5.74) is 13.7. The van der Waals surface area contributed by atoms with E-state index < -0.39 is 6.10 Å². The van der Waals surface area contributed by atoms with Crippen LogP contribution >= 0.6 is 0 Å². The number of hydrogen-bond acceptors (Lipinski definition) is 8. The standard InChI is InChI=1S/C25H35N5O3/c1-4-17-11-19(10-16(3)22(17)32-15-21(31)13-26)23-28-25(33-29-23)20-12-18(5-2)24(27-14-20)30-8-6-7-9-30/h10-12,14,21,23,29,31H,4-9,13,15,26H2,1-3H3/t21-,23?/m0/s1. The molecule has 1 unspecified atom stereocenters. The molecule has 0 aliphatic carbocycles. The number of ether oxygens (including phenoxy) is 1. The van der Waals surface area contributed by atoms with Crippen molar-refractivity contribution in [2.24, 2.45) is 10.7 Å². The number of hydroxylamine groups is 1. The number of rotatable bonds is 9. The summed E-state index contributed by atoms with van der Waals surface area (Å²) in [4.78, 5) is 17.7. The molecule has 1 saturated heterocycles. The van der Waals surface area contributed by atoms with Gasteiger partial charge in [0.15, 0.2) is 6.17 Å². The summed E-state index contributed by atoms with van der Waals surface area (Å²) in [7, 11) is 0. The van der Waals surface area contributed by atoms with Gasteiger partial charge in [-0.1, -0.05) is 13.8 Å². The third kappa shape index (κ3) is 5.13. The van der Waals surface area contributed by atoms with E-state index in [-0.39, 0.29) is 19.3 Å². The minimum Gasteiger partial charge on any atom is -0.490 e. The zero-order chi connectivity index (χ0) is 23.4. The molecule has 0 amide bonds. The Kier molecular flexibility index (Phi) is 7.47. The Morgan fingerprint density at radius 1 is 1.21 bits per heavy atom. The van der Waals surface area contributed by atoms with Crippen LogP contribution in [0.5, 0.6) is 5.75 Å². The molecule has 4 rings (SSSR count). The predicted octanol–water partition coefficient (Wildman–Crippen LogP) is 2.79. The van der Waals surface area contributed by atoms with E-state index in [0.717, 1.165) is 59.8 Å². The Morgan fingerprint density at radius 3 is 2.67 bits per heavy atom. The molecule has 2 aromatic rings. The maximum Gasteiger partial charge on any atom is 0.244 e. The van der Waals surface area contributed by atoms with Gasteiger partial charge in [0, 0.05) is 25.8 Å². The number of aliphatic hydroxyl groups excluding tert-OH is 1. The van der Waals surface area contributed by atoms with E-state index in [4.69, 9.17) is 25.3 Å². The second kappa shape index (κ2) is 10.5. The van der Waals surface area contributed by atoms with Crippen molar-refractivity contribution < 1.29 is 14.7 Å². The molecule has 1 aromatic carbocycles. The monoisotopic (exact) mass is 453 g/mol. The largest absolute Gasteiger partial charge is 0.490 e. The highest BCUT2D eigenvalue weighted by atomic mass is 16.7. The van der Waals surface area contributed by atoms with Crippen LogP contribution in [-0.4, -0.2) is 48.3 Å². The van der Waals surface area contributed by atoms with Gasteiger partial charge in [-0.15, -0.1) is 5.48 Å². The molecule has 0 bridgehead atoms. The van der Waals surface area contributed by atoms with Crippen molar-refractivity contribution in [3.63, 3.8) is 0 Å². The van der Waals surface area contributed by atoms with Gasteiger partial charge in [0.2, 0.25) is 5.90 Å². The van der Waals surface area contributed by atoms with E-state index in [1.165, 1.54) is 18.4 Å². The van der Waals surface area contributed by atoms with Crippen LogP contribution in [-0.2, 0) is 17.7 Å². The lowest BCUT2D eigenvalue weighted by atomic mass is 10.0. The minimum atomic E-state index is -0.677. The molecule has 2 atom stereocenters. The normalized spacial score (nSPS) is 18.9. The van der Waals surface area contributed by atoms with Gasteiger partial charge in [0.05, 0.1) is 5.56 Å². The second-order valence-corrected chi connectivity index (χ2v) is 8.69. The van der Waals surface area contributed by atoms with Crippen molar-refractivity contribution in [3.8, 4) is 5.75 Å². The lowest BCUT2D eigenvalue weighted by molar-refractivity contribution is 0.113. The summed E-state index contributed by atoms with van der Waals surface area (Å²) in [5.74, 6) is 2.43. The van der Waals surface area contributed by atoms with Crippen LogP contribution < -0.4 is 20.9 Å². The SMILES string of the molecule is CCc1cc(C2=NC(c3cc(C)c(OC[C@@H](O)CN)c(CC)c3)NO2)cnc1N1CCCC1. The number of hydrogen-bond donors (Lipinski definition) is 3. The molecule has 2 aliphatic rings. The van der Waals surface area contributed by atoms with Crippen molar-refractivity contribution in [2.75, 3.05) is 31.1 Å². The van der Waals surface area contributed by atoms with Crippen LogP contribution in [0.1, 0.15) is 60.7 Å². The summed E-state index contributed by atoms with van der Waals surface area (Å²) >= 11 is 0. The van der Waals surface area contributed by atoms with Crippen LogP contribution in [0.2, 0.25) is 0 Å². The molecule has 1 aromatic heterocycles. The molecule has 178 valence electrons. The zero-order valence-corrected chi connectivity index (χ0v) is 19.8. The molecular weight excluding hydrogens is 418 g/mol. The van der Waals surface area contributed by atoms with Gasteiger partial charge in [-0.25, -0.2) is 9.98 Å². The van der Waals surface area contributed by atoms with Crippen molar-refractivity contribution in [3.05, 3.63) is 52.2 Å². The van der Waals surface area contributed by atoms with Gasteiger partial charge in [0.1, 0.15) is 24.3 Å². The Labute approximate surface area is 195 Å². The highest BCUT2D eigenvalue weighted by Gasteiger charge is 2.25. The first kappa shape index (κ1) is 23.5. The fraction of sp³-hybridized carbons (Fsp3) is 0.520. The van der Waals surface area contributed by atoms with Crippen molar-refractivity contribution >= 4 is 11.7 Å². The zero-order valence-electron chi connectivity index (χ0n) is 19.8. The van der Waals surface area contributed by atoms with Crippen molar-refractivity contribution in [2.45, 2.75) is 58.7 Å². The summed E-state index contributed by atoms with van der Waals surface area (Å²) in [6, 6.07) is 6.27. The number of pyridine rings is 1. The first-order chi connectivity index (χ1) is 16.0. The van der Waals surface area contributed by atoms with Crippen LogP contribution in [0.25, 0.3) is 0 Å². The van der Waals surface area contributed by atoms with Crippen molar-refractivity contribution in [1.29, 1.82) is 0 Å². The maximum atomic E-state index is 9.75. The number of anilines is 1. The van der Waals surface area contributed by atoms with Crippen molar-refractivity contribution in [1.82, 2.24) is 10.5 Å². The molecule has 33 heavy (non-hydrogen) atoms. The van der Waals surface area contributed by atoms with Crippen LogP contribution in [0.15, 0.2) is 29.4 Å². The average molecular weight is 454 g/mol. The Hall–Kier alpha value is -2.68. The summed E-state index contributed by atoms with van der Waals surface area (Å²) < 4.78 is 5.87. The summed E-state index contributed by atoms with van der Waals surface area (Å²) in [6.07, 6.45) is 5.04. The smallest absolute Gasteiger partial charge is 0.244 e. The first-order valence-corrected chi connectivity index (χ1v) is 11.9. The summed E-state index contributed by atoms with van der Waals surface area (Å²) in [6.45, 7) is 8.74. The number of aliphatic hydroxyl groups is 1. The topological polar surface area (TPSA) is 105 Å². The third-order valence-corrected chi connectivity index (χ3v) is 6.25. The number of aliphatic imine (C=N–C) groups is 1. The van der Waals surface area contributed by atoms with Crippen LogP contribution in [0.4, 0.5) is 5.82 Å². The lowest BCUT2D eigenvalue weighted by Crippen LogP contribution is -2.27. The quantitative estimate of drug-likeness (QED) is 0.536. The van der Waals surface area contributed by atoms with E-state index in [1.807, 2.05) is 19.2 Å². The van der Waals surface area contributed by atoms with E-state index >= 15 is 0 Å². The number of nitrogens with one attached hydrogen (secondary N) is 1. The fourth-order valence-corrected chi connectivity index (χ4v) is 4.40. The maximum absolute atomic E-state index is 9.75. The van der Waals surface area contributed by atoms with Gasteiger partial charge < -0.3 is 25.3 Å². The molecule has 0 spiro atoms. The Balaban J connectivity index is 1.55. The minimum absolute atomic E-state index is 0.174. The molecule has 8 heteroatoms. The molecule has 8 nitrogen and oxygen atoms in total. The molecule has 0 radical (unpaired) electrons. The Morgan fingerprint density at radius 2 is 1.97 bits per heavy atom. The number of nitrogens with zero attached hydrogens (tertiary/aromatic N) is 3. The number of benzene rings is 1. The van der Waals surface area contributed by atoms with Gasteiger partial charge in [-0.2, -0.15) is 0 Å². The molecule has 3 heterocycles. The van der Waals surface area contributed by atoms with Gasteiger partial charge in [0.25, 0.3) is 0 Å². The second-order valence-electron chi connectivity index (χ2n) is 8.69.